The van der Waals surface area contributed by atoms with Crippen LogP contribution in [-0.2, 0) is 0 Å². The molecule has 0 atom stereocenters. The molecule has 0 aliphatic rings. The summed E-state index contributed by atoms with van der Waals surface area (Å²) in [6.07, 6.45) is 0.487. The highest BCUT2D eigenvalue weighted by molar-refractivity contribution is 6.68. The van der Waals surface area contributed by atoms with Crippen LogP contribution in [0.2, 0.25) is 0 Å². The van der Waals surface area contributed by atoms with Crippen molar-refractivity contribution >= 4 is 33.7 Å². The smallest absolute Gasteiger partial charge is 0.270 e. The standard InChI is InChI=1S/C10H8Cl2N4O3/c11-9(17)7-4-6(5-8(15-7)10(12)18)19-3-1-2-14-16-13/h4-5H,1-3H2. The Labute approximate surface area is 118 Å². The third kappa shape index (κ3) is 5.13. The zero-order chi connectivity index (χ0) is 14.3. The molecular weight excluding hydrogens is 295 g/mol. The van der Waals surface area contributed by atoms with E-state index in [1.54, 1.807) is 0 Å². The summed E-state index contributed by atoms with van der Waals surface area (Å²) in [5, 5.41) is 1.69. The average Bonchev–Trinajstić information content (AvgIpc) is 2.38. The lowest BCUT2D eigenvalue weighted by Gasteiger charge is -2.07. The van der Waals surface area contributed by atoms with Crippen LogP contribution in [0.4, 0.5) is 0 Å². The second-order valence-corrected chi connectivity index (χ2v) is 3.96. The number of pyridine rings is 1. The van der Waals surface area contributed by atoms with Crippen molar-refractivity contribution in [1.29, 1.82) is 0 Å². The molecular formula is C10H8Cl2N4O3. The molecule has 0 unspecified atom stereocenters. The number of ether oxygens (including phenoxy) is 1. The Morgan fingerprint density at radius 3 is 2.37 bits per heavy atom. The molecule has 0 N–H and O–H groups in total. The third-order valence-electron chi connectivity index (χ3n) is 1.94. The molecule has 0 saturated carbocycles. The van der Waals surface area contributed by atoms with Crippen molar-refractivity contribution < 1.29 is 14.3 Å². The molecule has 9 heteroatoms. The number of azide groups is 1. The SMILES string of the molecule is [N-]=[N+]=NCCCOc1cc(C(=O)Cl)nc(C(=O)Cl)c1. The second kappa shape index (κ2) is 7.58. The molecule has 0 aliphatic heterocycles. The fraction of sp³-hybridized carbons (Fsp3) is 0.300. The van der Waals surface area contributed by atoms with Gasteiger partial charge < -0.3 is 4.74 Å². The Bertz CT molecular complexity index is 511. The molecule has 0 bridgehead atoms. The largest absolute Gasteiger partial charge is 0.493 e. The van der Waals surface area contributed by atoms with Crippen molar-refractivity contribution in [1.82, 2.24) is 4.98 Å². The molecule has 19 heavy (non-hydrogen) atoms. The van der Waals surface area contributed by atoms with Gasteiger partial charge >= 0.3 is 0 Å². The van der Waals surface area contributed by atoms with E-state index in [2.05, 4.69) is 15.0 Å². The molecule has 0 spiro atoms. The highest BCUT2D eigenvalue weighted by atomic mass is 35.5. The van der Waals surface area contributed by atoms with E-state index in [0.29, 0.717) is 6.42 Å². The van der Waals surface area contributed by atoms with E-state index in [4.69, 9.17) is 33.5 Å². The van der Waals surface area contributed by atoms with E-state index >= 15 is 0 Å². The summed E-state index contributed by atoms with van der Waals surface area (Å²) >= 11 is 10.6. The van der Waals surface area contributed by atoms with Crippen LogP contribution in [0.25, 0.3) is 10.4 Å². The van der Waals surface area contributed by atoms with Crippen LogP contribution in [0.5, 0.6) is 5.75 Å². The maximum absolute atomic E-state index is 11.0. The molecule has 1 aromatic rings. The summed E-state index contributed by atoms with van der Waals surface area (Å²) in [4.78, 5) is 28.3. The fourth-order valence-electron chi connectivity index (χ4n) is 1.16. The lowest BCUT2D eigenvalue weighted by molar-refractivity contribution is 0.107. The summed E-state index contributed by atoms with van der Waals surface area (Å²) in [5.74, 6) is 0.240. The molecule has 0 radical (unpaired) electrons. The van der Waals surface area contributed by atoms with E-state index in [9.17, 15) is 9.59 Å². The first-order valence-corrected chi connectivity index (χ1v) is 5.85. The minimum absolute atomic E-state index is 0.127. The van der Waals surface area contributed by atoms with Gasteiger partial charge in [0, 0.05) is 23.6 Å². The Balaban J connectivity index is 2.79. The first-order chi connectivity index (χ1) is 9.04. The molecule has 0 aliphatic carbocycles. The van der Waals surface area contributed by atoms with E-state index in [1.807, 2.05) is 0 Å². The topological polar surface area (TPSA) is 105 Å². The minimum atomic E-state index is -0.821. The summed E-state index contributed by atoms with van der Waals surface area (Å²) in [7, 11) is 0. The van der Waals surface area contributed by atoms with Crippen LogP contribution in [0, 0.1) is 0 Å². The van der Waals surface area contributed by atoms with E-state index in [1.165, 1.54) is 12.1 Å². The zero-order valence-corrected chi connectivity index (χ0v) is 11.1. The van der Waals surface area contributed by atoms with Gasteiger partial charge in [-0.15, -0.1) is 0 Å². The maximum atomic E-state index is 11.0. The van der Waals surface area contributed by atoms with Gasteiger partial charge in [-0.25, -0.2) is 4.98 Å². The van der Waals surface area contributed by atoms with Crippen molar-refractivity contribution in [2.45, 2.75) is 6.42 Å². The minimum Gasteiger partial charge on any atom is -0.493 e. The Morgan fingerprint density at radius 1 is 1.32 bits per heavy atom. The Kier molecular flexibility index (Phi) is 6.08. The first-order valence-electron chi connectivity index (χ1n) is 5.10. The number of aromatic nitrogens is 1. The molecule has 0 saturated heterocycles. The molecule has 0 amide bonds. The first kappa shape index (κ1) is 15.2. The number of carbonyl (C=O) groups is 2. The normalized spacial score (nSPS) is 9.58. The van der Waals surface area contributed by atoms with Crippen molar-refractivity contribution in [2.75, 3.05) is 13.2 Å². The number of nitrogens with zero attached hydrogens (tertiary/aromatic N) is 4. The number of hydrogen-bond donors (Lipinski definition) is 0. The number of rotatable bonds is 7. The molecule has 1 aromatic heterocycles. The quantitative estimate of drug-likeness (QED) is 0.254. The van der Waals surface area contributed by atoms with Crippen LogP contribution in [0.1, 0.15) is 27.4 Å². The molecule has 0 aromatic carbocycles. The van der Waals surface area contributed by atoms with Gasteiger partial charge in [0.15, 0.2) is 0 Å². The average molecular weight is 303 g/mol. The fourth-order valence-corrected chi connectivity index (χ4v) is 1.35. The molecule has 1 heterocycles. The maximum Gasteiger partial charge on any atom is 0.270 e. The second-order valence-electron chi connectivity index (χ2n) is 3.28. The van der Waals surface area contributed by atoms with Gasteiger partial charge in [0.1, 0.15) is 17.1 Å². The van der Waals surface area contributed by atoms with E-state index in [-0.39, 0.29) is 30.3 Å². The highest BCUT2D eigenvalue weighted by Crippen LogP contribution is 2.17. The number of carbonyl (C=O) groups excluding carboxylic acids is 2. The monoisotopic (exact) mass is 302 g/mol. The van der Waals surface area contributed by atoms with Crippen molar-refractivity contribution in [3.8, 4) is 5.75 Å². The predicted molar refractivity (Wildman–Crippen MR) is 68.7 cm³/mol. The summed E-state index contributed by atoms with van der Waals surface area (Å²) in [6.45, 7) is 0.527. The molecule has 7 nitrogen and oxygen atoms in total. The van der Waals surface area contributed by atoms with Gasteiger partial charge in [0.05, 0.1) is 6.61 Å². The van der Waals surface area contributed by atoms with Crippen LogP contribution in [-0.4, -0.2) is 28.6 Å². The van der Waals surface area contributed by atoms with Gasteiger partial charge in [-0.1, -0.05) is 5.11 Å². The van der Waals surface area contributed by atoms with E-state index < -0.39 is 10.5 Å². The third-order valence-corrected chi connectivity index (χ3v) is 2.32. The van der Waals surface area contributed by atoms with Gasteiger partial charge in [0.25, 0.3) is 10.5 Å². The van der Waals surface area contributed by atoms with Crippen LogP contribution in [0.15, 0.2) is 17.2 Å². The van der Waals surface area contributed by atoms with Crippen molar-refractivity contribution in [3.63, 3.8) is 0 Å². The molecule has 1 rings (SSSR count). The van der Waals surface area contributed by atoms with Crippen LogP contribution >= 0.6 is 23.2 Å². The molecule has 100 valence electrons. The molecule has 0 fully saturated rings. The lowest BCUT2D eigenvalue weighted by atomic mass is 10.3. The van der Waals surface area contributed by atoms with Gasteiger partial charge in [-0.3, -0.25) is 9.59 Å². The van der Waals surface area contributed by atoms with E-state index in [0.717, 1.165) is 0 Å². The summed E-state index contributed by atoms with van der Waals surface area (Å²) in [5.41, 5.74) is 7.83. The number of halogens is 2. The van der Waals surface area contributed by atoms with Crippen molar-refractivity contribution in [3.05, 3.63) is 34.0 Å². The lowest BCUT2D eigenvalue weighted by Crippen LogP contribution is -2.05. The van der Waals surface area contributed by atoms with Crippen LogP contribution < -0.4 is 4.74 Å². The van der Waals surface area contributed by atoms with Crippen molar-refractivity contribution in [2.24, 2.45) is 5.11 Å². The summed E-state index contributed by atoms with van der Waals surface area (Å²) in [6, 6.07) is 2.60. The van der Waals surface area contributed by atoms with Gasteiger partial charge in [-0.2, -0.15) is 0 Å². The Morgan fingerprint density at radius 2 is 1.89 bits per heavy atom. The summed E-state index contributed by atoms with van der Waals surface area (Å²) < 4.78 is 5.29. The zero-order valence-electron chi connectivity index (χ0n) is 9.55. The van der Waals surface area contributed by atoms with Crippen LogP contribution in [0.3, 0.4) is 0 Å². The predicted octanol–water partition coefficient (Wildman–Crippen LogP) is 2.92. The number of hydrogen-bond acceptors (Lipinski definition) is 5. The van der Waals surface area contributed by atoms with Gasteiger partial charge in [0.2, 0.25) is 0 Å². The van der Waals surface area contributed by atoms with Gasteiger partial charge in [-0.05, 0) is 35.2 Å². The Hall–Kier alpha value is -1.82. The highest BCUT2D eigenvalue weighted by Gasteiger charge is 2.12.